The molecule has 0 bridgehead atoms. The molecule has 1 aromatic heterocycles. The van der Waals surface area contributed by atoms with Crippen LogP contribution in [0.15, 0.2) is 53.9 Å². The van der Waals surface area contributed by atoms with Gasteiger partial charge in [-0.3, -0.25) is 14.6 Å². The lowest BCUT2D eigenvalue weighted by Gasteiger charge is -2.20. The van der Waals surface area contributed by atoms with Crippen LogP contribution >= 0.6 is 11.6 Å². The summed E-state index contributed by atoms with van der Waals surface area (Å²) >= 11 is 5.89. The van der Waals surface area contributed by atoms with Crippen molar-refractivity contribution in [1.29, 1.82) is 0 Å². The molecular formula is C18H19ClN4O2. The molecule has 2 N–H and O–H groups in total. The van der Waals surface area contributed by atoms with Gasteiger partial charge in [0.15, 0.2) is 0 Å². The highest BCUT2D eigenvalue weighted by Crippen LogP contribution is 2.11. The second kappa shape index (κ2) is 8.94. The van der Waals surface area contributed by atoms with E-state index in [0.717, 1.165) is 5.56 Å². The first kappa shape index (κ1) is 18.6. The fourth-order valence-corrected chi connectivity index (χ4v) is 2.27. The van der Waals surface area contributed by atoms with Gasteiger partial charge >= 0.3 is 0 Å². The molecule has 7 heteroatoms. The number of hydrogen-bond donors (Lipinski definition) is 2. The Morgan fingerprint density at radius 1 is 1.24 bits per heavy atom. The zero-order valence-electron chi connectivity index (χ0n) is 13.9. The Balaban J connectivity index is 2.00. The van der Waals surface area contributed by atoms with E-state index in [1.54, 1.807) is 42.7 Å². The van der Waals surface area contributed by atoms with Crippen LogP contribution in [0.4, 0.5) is 0 Å². The Morgan fingerprint density at radius 3 is 2.68 bits per heavy atom. The first-order chi connectivity index (χ1) is 12.0. The van der Waals surface area contributed by atoms with Crippen molar-refractivity contribution in [2.24, 2.45) is 11.0 Å². The van der Waals surface area contributed by atoms with Gasteiger partial charge < -0.3 is 5.32 Å². The topological polar surface area (TPSA) is 83.5 Å². The van der Waals surface area contributed by atoms with E-state index in [1.165, 1.54) is 6.21 Å². The van der Waals surface area contributed by atoms with E-state index in [0.29, 0.717) is 10.6 Å². The second-order valence-electron chi connectivity index (χ2n) is 5.73. The molecule has 1 aromatic carbocycles. The molecule has 130 valence electrons. The molecule has 0 radical (unpaired) electrons. The van der Waals surface area contributed by atoms with Gasteiger partial charge in [-0.1, -0.05) is 37.6 Å². The zero-order chi connectivity index (χ0) is 18.2. The van der Waals surface area contributed by atoms with Gasteiger partial charge in [-0.2, -0.15) is 5.10 Å². The summed E-state index contributed by atoms with van der Waals surface area (Å²) in [4.78, 5) is 28.6. The lowest BCUT2D eigenvalue weighted by molar-refractivity contribution is -0.123. The van der Waals surface area contributed by atoms with E-state index in [2.05, 4.69) is 20.8 Å². The van der Waals surface area contributed by atoms with Crippen LogP contribution in [0.25, 0.3) is 0 Å². The highest BCUT2D eigenvalue weighted by atomic mass is 35.5. The van der Waals surface area contributed by atoms with E-state index in [9.17, 15) is 9.59 Å². The molecule has 6 nitrogen and oxygen atoms in total. The fraction of sp³-hybridized carbons (Fsp3) is 0.222. The van der Waals surface area contributed by atoms with Crippen LogP contribution in [0.1, 0.15) is 29.8 Å². The van der Waals surface area contributed by atoms with E-state index >= 15 is 0 Å². The molecule has 0 aliphatic rings. The molecule has 0 fully saturated rings. The summed E-state index contributed by atoms with van der Waals surface area (Å²) in [5, 5.41) is 7.07. The number of nitrogens with one attached hydrogen (secondary N) is 2. The molecule has 1 unspecified atom stereocenters. The average Bonchev–Trinajstić information content (AvgIpc) is 2.60. The van der Waals surface area contributed by atoms with Crippen LogP contribution in [-0.4, -0.2) is 29.1 Å². The molecule has 0 aliphatic heterocycles. The number of benzene rings is 1. The molecule has 0 saturated carbocycles. The number of halogens is 1. The number of pyridine rings is 1. The number of rotatable bonds is 6. The summed E-state index contributed by atoms with van der Waals surface area (Å²) < 4.78 is 0. The van der Waals surface area contributed by atoms with Gasteiger partial charge in [-0.15, -0.1) is 0 Å². The molecule has 2 aromatic rings. The van der Waals surface area contributed by atoms with Crippen molar-refractivity contribution >= 4 is 29.6 Å². The van der Waals surface area contributed by atoms with Crippen molar-refractivity contribution in [3.63, 3.8) is 0 Å². The van der Waals surface area contributed by atoms with Crippen LogP contribution in [-0.2, 0) is 4.79 Å². The van der Waals surface area contributed by atoms with Crippen molar-refractivity contribution in [3.8, 4) is 0 Å². The Hall–Kier alpha value is -2.73. The van der Waals surface area contributed by atoms with Crippen LogP contribution < -0.4 is 10.7 Å². The SMILES string of the molecule is CC(C)C(NC(=O)c1cccc(Cl)c1)C(=O)N/N=C\c1cccnc1. The fourth-order valence-electron chi connectivity index (χ4n) is 2.08. The lowest BCUT2D eigenvalue weighted by Crippen LogP contribution is -2.48. The van der Waals surface area contributed by atoms with Gasteiger partial charge in [0.1, 0.15) is 6.04 Å². The Kier molecular flexibility index (Phi) is 6.65. The summed E-state index contributed by atoms with van der Waals surface area (Å²) in [5.74, 6) is -0.880. The Morgan fingerprint density at radius 2 is 2.04 bits per heavy atom. The zero-order valence-corrected chi connectivity index (χ0v) is 14.7. The molecule has 0 aliphatic carbocycles. The standard InChI is InChI=1S/C18H19ClN4O2/c1-12(2)16(22-17(24)14-6-3-7-15(19)9-14)18(25)23-21-11-13-5-4-8-20-10-13/h3-12,16H,1-2H3,(H,22,24)(H,23,25)/b21-11-. The quantitative estimate of drug-likeness (QED) is 0.615. The summed E-state index contributed by atoms with van der Waals surface area (Å²) in [7, 11) is 0. The number of hydrogen-bond acceptors (Lipinski definition) is 4. The van der Waals surface area contributed by atoms with Gasteiger partial charge in [0.2, 0.25) is 0 Å². The molecule has 2 amide bonds. The van der Waals surface area contributed by atoms with Crippen LogP contribution in [0.3, 0.4) is 0 Å². The maximum absolute atomic E-state index is 12.3. The van der Waals surface area contributed by atoms with E-state index in [4.69, 9.17) is 11.6 Å². The second-order valence-corrected chi connectivity index (χ2v) is 6.16. The summed E-state index contributed by atoms with van der Waals surface area (Å²) in [6.45, 7) is 3.68. The third kappa shape index (κ3) is 5.69. The molecular weight excluding hydrogens is 340 g/mol. The maximum atomic E-state index is 12.3. The van der Waals surface area contributed by atoms with Crippen LogP contribution in [0.5, 0.6) is 0 Å². The van der Waals surface area contributed by atoms with Crippen molar-refractivity contribution in [2.75, 3.05) is 0 Å². The van der Waals surface area contributed by atoms with Gasteiger partial charge in [0.05, 0.1) is 6.21 Å². The molecule has 1 atom stereocenters. The predicted octanol–water partition coefficient (Wildman–Crippen LogP) is 2.64. The molecule has 2 rings (SSSR count). The monoisotopic (exact) mass is 358 g/mol. The summed E-state index contributed by atoms with van der Waals surface area (Å²) in [6.07, 6.45) is 4.76. The number of carbonyl (C=O) groups is 2. The van der Waals surface area contributed by atoms with Gasteiger partial charge in [0.25, 0.3) is 11.8 Å². The highest BCUT2D eigenvalue weighted by molar-refractivity contribution is 6.31. The third-order valence-electron chi connectivity index (χ3n) is 3.40. The number of nitrogens with zero attached hydrogens (tertiary/aromatic N) is 2. The Bertz CT molecular complexity index is 763. The van der Waals surface area contributed by atoms with Gasteiger partial charge in [0, 0.05) is 28.5 Å². The van der Waals surface area contributed by atoms with E-state index in [1.807, 2.05) is 19.9 Å². The number of carbonyl (C=O) groups excluding carboxylic acids is 2. The third-order valence-corrected chi connectivity index (χ3v) is 3.63. The highest BCUT2D eigenvalue weighted by Gasteiger charge is 2.24. The normalized spacial score (nSPS) is 12.2. The largest absolute Gasteiger partial charge is 0.340 e. The summed E-state index contributed by atoms with van der Waals surface area (Å²) in [6, 6.07) is 9.40. The molecule has 0 spiro atoms. The minimum atomic E-state index is -0.725. The smallest absolute Gasteiger partial charge is 0.262 e. The minimum absolute atomic E-state index is 0.114. The van der Waals surface area contributed by atoms with Gasteiger partial charge in [-0.25, -0.2) is 5.43 Å². The average molecular weight is 359 g/mol. The summed E-state index contributed by atoms with van der Waals surface area (Å²) in [5.41, 5.74) is 3.59. The van der Waals surface area contributed by atoms with Gasteiger partial charge in [-0.05, 0) is 30.2 Å². The Labute approximate surface area is 151 Å². The first-order valence-electron chi connectivity index (χ1n) is 7.76. The molecule has 25 heavy (non-hydrogen) atoms. The number of aromatic nitrogens is 1. The van der Waals surface area contributed by atoms with Crippen molar-refractivity contribution in [2.45, 2.75) is 19.9 Å². The van der Waals surface area contributed by atoms with Crippen molar-refractivity contribution in [3.05, 3.63) is 64.9 Å². The number of amides is 2. The predicted molar refractivity (Wildman–Crippen MR) is 97.5 cm³/mol. The molecule has 1 heterocycles. The minimum Gasteiger partial charge on any atom is -0.340 e. The van der Waals surface area contributed by atoms with E-state index in [-0.39, 0.29) is 11.8 Å². The van der Waals surface area contributed by atoms with E-state index < -0.39 is 11.9 Å². The maximum Gasteiger partial charge on any atom is 0.262 e. The van der Waals surface area contributed by atoms with Crippen LogP contribution in [0.2, 0.25) is 5.02 Å². The lowest BCUT2D eigenvalue weighted by atomic mass is 10.0. The van der Waals surface area contributed by atoms with Crippen molar-refractivity contribution < 1.29 is 9.59 Å². The molecule has 0 saturated heterocycles. The van der Waals surface area contributed by atoms with Crippen molar-refractivity contribution in [1.82, 2.24) is 15.7 Å². The first-order valence-corrected chi connectivity index (χ1v) is 8.14. The number of hydrazone groups is 1. The van der Waals surface area contributed by atoms with Crippen LogP contribution in [0, 0.1) is 5.92 Å².